The third kappa shape index (κ3) is 2.57. The fourth-order valence-electron chi connectivity index (χ4n) is 2.32. The molecule has 0 amide bonds. The Labute approximate surface area is 138 Å². The van der Waals surface area contributed by atoms with E-state index in [1.165, 1.54) is 0 Å². The van der Waals surface area contributed by atoms with Crippen LogP contribution in [0.15, 0.2) is 16.9 Å². The molecule has 2 heterocycles. The van der Waals surface area contributed by atoms with Gasteiger partial charge in [-0.1, -0.05) is 23.2 Å². The zero-order valence-electron chi connectivity index (χ0n) is 10.4. The number of aliphatic hydroxyl groups is 3. The average Bonchev–Trinajstić information content (AvgIpc) is 2.73. The lowest BCUT2D eigenvalue weighted by Gasteiger charge is -2.36. The summed E-state index contributed by atoms with van der Waals surface area (Å²) in [6, 6.07) is 3.20. The van der Waals surface area contributed by atoms with Gasteiger partial charge in [0.15, 0.2) is 11.0 Å². The summed E-state index contributed by atoms with van der Waals surface area (Å²) in [6.45, 7) is -0.101. The van der Waals surface area contributed by atoms with E-state index in [1.54, 1.807) is 16.7 Å². The second kappa shape index (κ2) is 5.66. The van der Waals surface area contributed by atoms with Gasteiger partial charge in [-0.25, -0.2) is 4.98 Å². The van der Waals surface area contributed by atoms with Crippen LogP contribution in [-0.4, -0.2) is 49.8 Å². The Morgan fingerprint density at radius 1 is 1.19 bits per heavy atom. The highest BCUT2D eigenvalue weighted by atomic mass is 79.9. The molecule has 1 saturated heterocycles. The Hall–Kier alpha value is -0.410. The van der Waals surface area contributed by atoms with Crippen LogP contribution in [0.2, 0.25) is 10.0 Å². The molecule has 3 rings (SSSR count). The number of ether oxygens (including phenoxy) is 1. The van der Waals surface area contributed by atoms with Crippen molar-refractivity contribution >= 4 is 50.2 Å². The Kier molecular flexibility index (Phi) is 4.17. The van der Waals surface area contributed by atoms with E-state index in [-0.39, 0.29) is 6.61 Å². The van der Waals surface area contributed by atoms with Crippen LogP contribution in [-0.2, 0) is 4.74 Å². The minimum Gasteiger partial charge on any atom is -0.388 e. The smallest absolute Gasteiger partial charge is 0.180 e. The second-order valence-electron chi connectivity index (χ2n) is 4.78. The number of aromatic nitrogens is 2. The van der Waals surface area contributed by atoms with E-state index in [9.17, 15) is 15.3 Å². The summed E-state index contributed by atoms with van der Waals surface area (Å²) in [6.07, 6.45) is -4.66. The maximum Gasteiger partial charge on any atom is 0.180 e. The summed E-state index contributed by atoms with van der Waals surface area (Å²) >= 11 is 15.3. The van der Waals surface area contributed by atoms with Crippen molar-refractivity contribution in [2.75, 3.05) is 6.61 Å². The second-order valence-corrected chi connectivity index (χ2v) is 6.30. The Morgan fingerprint density at radius 2 is 1.86 bits per heavy atom. The van der Waals surface area contributed by atoms with E-state index in [1.807, 2.05) is 0 Å². The van der Waals surface area contributed by atoms with Crippen molar-refractivity contribution in [3.8, 4) is 0 Å². The summed E-state index contributed by atoms with van der Waals surface area (Å²) in [4.78, 5) is 4.27. The van der Waals surface area contributed by atoms with E-state index in [2.05, 4.69) is 20.9 Å². The molecule has 0 bridgehead atoms. The van der Waals surface area contributed by atoms with Crippen LogP contribution in [0.4, 0.5) is 0 Å². The summed E-state index contributed by atoms with van der Waals surface area (Å²) < 4.78 is 7.38. The molecule has 6 nitrogen and oxygen atoms in total. The van der Waals surface area contributed by atoms with Crippen LogP contribution < -0.4 is 0 Å². The molecule has 0 aliphatic carbocycles. The van der Waals surface area contributed by atoms with Gasteiger partial charge >= 0.3 is 0 Å². The Balaban J connectivity index is 2.12. The van der Waals surface area contributed by atoms with E-state index >= 15 is 0 Å². The highest BCUT2D eigenvalue weighted by molar-refractivity contribution is 9.10. The molecule has 0 radical (unpaired) electrons. The highest BCUT2D eigenvalue weighted by Gasteiger charge is 2.39. The molecule has 0 spiro atoms. The predicted molar refractivity (Wildman–Crippen MR) is 80.5 cm³/mol. The van der Waals surface area contributed by atoms with Crippen LogP contribution in [0.1, 0.15) is 6.23 Å². The van der Waals surface area contributed by atoms with Gasteiger partial charge in [0.25, 0.3) is 0 Å². The van der Waals surface area contributed by atoms with Gasteiger partial charge in [0.05, 0.1) is 27.7 Å². The highest BCUT2D eigenvalue weighted by Crippen LogP contribution is 2.35. The Bertz CT molecular complexity index is 695. The molecular formula is C12H11BrCl2N2O4. The van der Waals surface area contributed by atoms with E-state index in [0.29, 0.717) is 25.8 Å². The van der Waals surface area contributed by atoms with E-state index in [4.69, 9.17) is 27.9 Å². The van der Waals surface area contributed by atoms with Crippen molar-refractivity contribution in [1.82, 2.24) is 9.55 Å². The third-order valence-electron chi connectivity index (χ3n) is 3.42. The SMILES string of the molecule is O[C@@H]1[C@@H](O)[C@H](n2c(Br)nc3cc(Cl)c(Cl)cc32)OC[C@H]1O. The molecule has 1 fully saturated rings. The van der Waals surface area contributed by atoms with Crippen LogP contribution in [0, 0.1) is 0 Å². The molecule has 1 aliphatic rings. The molecule has 9 heteroatoms. The summed E-state index contributed by atoms with van der Waals surface area (Å²) in [5.41, 5.74) is 1.15. The topological polar surface area (TPSA) is 87.7 Å². The molecular weight excluding hydrogens is 387 g/mol. The molecule has 0 unspecified atom stereocenters. The average molecular weight is 398 g/mol. The number of hydrogen-bond acceptors (Lipinski definition) is 5. The van der Waals surface area contributed by atoms with E-state index in [0.717, 1.165) is 0 Å². The summed E-state index contributed by atoms with van der Waals surface area (Å²) in [5, 5.41) is 30.1. The first-order valence-electron chi connectivity index (χ1n) is 6.08. The summed E-state index contributed by atoms with van der Waals surface area (Å²) in [5.74, 6) is 0. The zero-order chi connectivity index (χ0) is 15.3. The maximum absolute atomic E-state index is 10.1. The molecule has 0 saturated carbocycles. The molecule has 114 valence electrons. The van der Waals surface area contributed by atoms with Crippen LogP contribution in [0.3, 0.4) is 0 Å². The number of fused-ring (bicyclic) bond motifs is 1. The van der Waals surface area contributed by atoms with Gasteiger partial charge in [-0.2, -0.15) is 0 Å². The molecule has 1 aliphatic heterocycles. The Morgan fingerprint density at radius 3 is 2.57 bits per heavy atom. The van der Waals surface area contributed by atoms with Crippen molar-refractivity contribution in [2.45, 2.75) is 24.5 Å². The molecule has 1 aromatic carbocycles. The fourth-order valence-corrected chi connectivity index (χ4v) is 3.22. The van der Waals surface area contributed by atoms with Crippen molar-refractivity contribution in [1.29, 1.82) is 0 Å². The predicted octanol–water partition coefficient (Wildman–Crippen LogP) is 1.72. The summed E-state index contributed by atoms with van der Waals surface area (Å²) in [7, 11) is 0. The lowest BCUT2D eigenvalue weighted by atomic mass is 10.0. The van der Waals surface area contributed by atoms with E-state index < -0.39 is 24.5 Å². The molecule has 4 atom stereocenters. The first kappa shape index (κ1) is 15.5. The van der Waals surface area contributed by atoms with Crippen LogP contribution >= 0.6 is 39.1 Å². The number of benzene rings is 1. The number of imidazole rings is 1. The van der Waals surface area contributed by atoms with Gasteiger partial charge < -0.3 is 20.1 Å². The standard InChI is InChI=1S/C12H11BrCl2N2O4/c13-12-16-6-1-4(14)5(15)2-7(6)17(12)11-10(20)9(19)8(18)3-21-11/h1-2,8-11,18-20H,3H2/t8-,9+,10-,11-/m1/s1. The van der Waals surface area contributed by atoms with Gasteiger partial charge in [-0.05, 0) is 28.1 Å². The first-order valence-corrected chi connectivity index (χ1v) is 7.63. The zero-order valence-corrected chi connectivity index (χ0v) is 13.5. The normalized spacial score (nSPS) is 30.0. The van der Waals surface area contributed by atoms with Crippen molar-refractivity contribution in [3.63, 3.8) is 0 Å². The number of rotatable bonds is 1. The molecule has 21 heavy (non-hydrogen) atoms. The maximum atomic E-state index is 10.1. The van der Waals surface area contributed by atoms with Gasteiger partial charge in [0.2, 0.25) is 0 Å². The molecule has 1 aromatic heterocycles. The van der Waals surface area contributed by atoms with Gasteiger partial charge in [-0.15, -0.1) is 0 Å². The van der Waals surface area contributed by atoms with Gasteiger partial charge in [-0.3, -0.25) is 4.57 Å². The van der Waals surface area contributed by atoms with Gasteiger partial charge in [0.1, 0.15) is 18.3 Å². The number of hydrogen-bond donors (Lipinski definition) is 3. The monoisotopic (exact) mass is 396 g/mol. The quantitative estimate of drug-likeness (QED) is 0.681. The number of aliphatic hydroxyl groups excluding tert-OH is 3. The molecule has 2 aromatic rings. The fraction of sp³-hybridized carbons (Fsp3) is 0.417. The number of nitrogens with zero attached hydrogens (tertiary/aromatic N) is 2. The minimum absolute atomic E-state index is 0.101. The van der Waals surface area contributed by atoms with Crippen LogP contribution in [0.25, 0.3) is 11.0 Å². The lowest BCUT2D eigenvalue weighted by molar-refractivity contribution is -0.210. The minimum atomic E-state index is -1.31. The molecule has 3 N–H and O–H groups in total. The van der Waals surface area contributed by atoms with Crippen molar-refractivity contribution in [3.05, 3.63) is 26.9 Å². The largest absolute Gasteiger partial charge is 0.388 e. The van der Waals surface area contributed by atoms with Crippen molar-refractivity contribution in [2.24, 2.45) is 0 Å². The number of halogens is 3. The first-order chi connectivity index (χ1) is 9.90. The van der Waals surface area contributed by atoms with Gasteiger partial charge in [0, 0.05) is 0 Å². The van der Waals surface area contributed by atoms with Crippen LogP contribution in [0.5, 0.6) is 0 Å². The third-order valence-corrected chi connectivity index (χ3v) is 4.70. The van der Waals surface area contributed by atoms with Crippen molar-refractivity contribution < 1.29 is 20.1 Å². The lowest BCUT2D eigenvalue weighted by Crippen LogP contribution is -2.50.